The molecule has 0 aliphatic heterocycles. The van der Waals surface area contributed by atoms with E-state index in [1.54, 1.807) is 4.90 Å². The van der Waals surface area contributed by atoms with Gasteiger partial charge in [-0.15, -0.1) is 0 Å². The van der Waals surface area contributed by atoms with E-state index in [-0.39, 0.29) is 6.03 Å². The van der Waals surface area contributed by atoms with Crippen molar-refractivity contribution in [2.24, 2.45) is 0 Å². The lowest BCUT2D eigenvalue weighted by Gasteiger charge is -2.17. The minimum absolute atomic E-state index is 0.0593. The Morgan fingerprint density at radius 3 is 2.24 bits per heavy atom. The fourth-order valence-electron chi connectivity index (χ4n) is 2.09. The summed E-state index contributed by atoms with van der Waals surface area (Å²) in [5.41, 5.74) is 3.14. The molecule has 2 aromatic rings. The van der Waals surface area contributed by atoms with Crippen LogP contribution in [-0.4, -0.2) is 24.5 Å². The number of rotatable bonds is 5. The molecule has 0 aromatic heterocycles. The molecular weight excluding hydrogens is 260 g/mol. The molecule has 0 radical (unpaired) electrons. The van der Waals surface area contributed by atoms with Gasteiger partial charge in [0.15, 0.2) is 0 Å². The van der Waals surface area contributed by atoms with Gasteiger partial charge in [0.05, 0.1) is 0 Å². The van der Waals surface area contributed by atoms with E-state index in [4.69, 9.17) is 0 Å². The first-order chi connectivity index (χ1) is 10.2. The van der Waals surface area contributed by atoms with Crippen molar-refractivity contribution in [1.29, 1.82) is 0 Å². The predicted octanol–water partition coefficient (Wildman–Crippen LogP) is 4.62. The number of hydrogen-bond donors (Lipinski definition) is 1. The van der Waals surface area contributed by atoms with E-state index in [0.717, 1.165) is 30.6 Å². The third kappa shape index (κ3) is 4.35. The number of unbranched alkanes of at least 4 members (excludes halogenated alkanes) is 1. The fourth-order valence-corrected chi connectivity index (χ4v) is 2.09. The van der Waals surface area contributed by atoms with Gasteiger partial charge in [0.1, 0.15) is 0 Å². The molecule has 3 nitrogen and oxygen atoms in total. The van der Waals surface area contributed by atoms with E-state index in [1.807, 2.05) is 49.5 Å². The van der Waals surface area contributed by atoms with Crippen molar-refractivity contribution in [1.82, 2.24) is 4.90 Å². The zero-order valence-corrected chi connectivity index (χ0v) is 12.7. The lowest BCUT2D eigenvalue weighted by Crippen LogP contribution is -2.32. The molecule has 0 aliphatic rings. The van der Waals surface area contributed by atoms with Crippen LogP contribution in [0.5, 0.6) is 0 Å². The standard InChI is InChI=1S/C18H22N2O/c1-3-4-14-20(2)18(21)19-17-12-10-16(11-13-17)15-8-6-5-7-9-15/h5-13H,3-4,14H2,1-2H3,(H,19,21). The quantitative estimate of drug-likeness (QED) is 0.852. The van der Waals surface area contributed by atoms with Crippen LogP contribution in [0, 0.1) is 0 Å². The SMILES string of the molecule is CCCCN(C)C(=O)Nc1ccc(-c2ccccc2)cc1. The number of urea groups is 1. The molecule has 0 fully saturated rings. The van der Waals surface area contributed by atoms with Crippen LogP contribution >= 0.6 is 0 Å². The van der Waals surface area contributed by atoms with E-state index < -0.39 is 0 Å². The van der Waals surface area contributed by atoms with Crippen LogP contribution in [0.1, 0.15) is 19.8 Å². The summed E-state index contributed by atoms with van der Waals surface area (Å²) in [5.74, 6) is 0. The molecular formula is C18H22N2O. The first-order valence-electron chi connectivity index (χ1n) is 7.38. The molecule has 2 aromatic carbocycles. The van der Waals surface area contributed by atoms with Crippen molar-refractivity contribution < 1.29 is 4.79 Å². The second kappa shape index (κ2) is 7.48. The lowest BCUT2D eigenvalue weighted by atomic mass is 10.1. The number of carbonyl (C=O) groups excluding carboxylic acids is 1. The number of nitrogens with one attached hydrogen (secondary N) is 1. The van der Waals surface area contributed by atoms with Crippen LogP contribution in [0.4, 0.5) is 10.5 Å². The monoisotopic (exact) mass is 282 g/mol. The topological polar surface area (TPSA) is 32.3 Å². The Bertz CT molecular complexity index is 564. The van der Waals surface area contributed by atoms with Crippen LogP contribution < -0.4 is 5.32 Å². The second-order valence-electron chi connectivity index (χ2n) is 5.15. The van der Waals surface area contributed by atoms with Crippen LogP contribution in [0.3, 0.4) is 0 Å². The number of nitrogens with zero attached hydrogens (tertiary/aromatic N) is 1. The molecule has 21 heavy (non-hydrogen) atoms. The molecule has 1 N–H and O–H groups in total. The van der Waals surface area contributed by atoms with Crippen molar-refractivity contribution in [2.45, 2.75) is 19.8 Å². The van der Waals surface area contributed by atoms with E-state index in [2.05, 4.69) is 24.4 Å². The molecule has 0 atom stereocenters. The highest BCUT2D eigenvalue weighted by molar-refractivity contribution is 5.89. The zero-order chi connectivity index (χ0) is 15.1. The Kier molecular flexibility index (Phi) is 5.38. The van der Waals surface area contributed by atoms with Crippen molar-refractivity contribution in [2.75, 3.05) is 18.9 Å². The predicted molar refractivity (Wildman–Crippen MR) is 88.4 cm³/mol. The number of anilines is 1. The van der Waals surface area contributed by atoms with Gasteiger partial charge in [0.2, 0.25) is 0 Å². The summed E-state index contributed by atoms with van der Waals surface area (Å²) < 4.78 is 0. The maximum atomic E-state index is 12.0. The van der Waals surface area contributed by atoms with Gasteiger partial charge in [0, 0.05) is 19.3 Å². The summed E-state index contributed by atoms with van der Waals surface area (Å²) in [7, 11) is 1.82. The van der Waals surface area contributed by atoms with Gasteiger partial charge in [0.25, 0.3) is 0 Å². The van der Waals surface area contributed by atoms with Gasteiger partial charge in [-0.1, -0.05) is 55.8 Å². The highest BCUT2D eigenvalue weighted by Gasteiger charge is 2.07. The highest BCUT2D eigenvalue weighted by Crippen LogP contribution is 2.21. The number of benzene rings is 2. The summed E-state index contributed by atoms with van der Waals surface area (Å²) in [6.07, 6.45) is 2.11. The van der Waals surface area contributed by atoms with Crippen molar-refractivity contribution in [3.05, 3.63) is 54.6 Å². The molecule has 0 saturated carbocycles. The van der Waals surface area contributed by atoms with Gasteiger partial charge in [-0.25, -0.2) is 4.79 Å². The Hall–Kier alpha value is -2.29. The third-order valence-electron chi connectivity index (χ3n) is 3.44. The normalized spacial score (nSPS) is 10.2. The molecule has 0 bridgehead atoms. The summed E-state index contributed by atoms with van der Waals surface area (Å²) in [4.78, 5) is 13.7. The Morgan fingerprint density at radius 1 is 1.00 bits per heavy atom. The minimum Gasteiger partial charge on any atom is -0.328 e. The van der Waals surface area contributed by atoms with Crippen molar-refractivity contribution in [3.8, 4) is 11.1 Å². The average molecular weight is 282 g/mol. The van der Waals surface area contributed by atoms with Gasteiger partial charge in [-0.3, -0.25) is 0 Å². The summed E-state index contributed by atoms with van der Waals surface area (Å²) in [5, 5.41) is 2.92. The molecule has 110 valence electrons. The molecule has 0 aliphatic carbocycles. The number of amides is 2. The Morgan fingerprint density at radius 2 is 1.62 bits per heavy atom. The van der Waals surface area contributed by atoms with Gasteiger partial charge < -0.3 is 10.2 Å². The number of carbonyl (C=O) groups is 1. The summed E-state index contributed by atoms with van der Waals surface area (Å²) in [6, 6.07) is 18.1. The van der Waals surface area contributed by atoms with Crippen LogP contribution in [-0.2, 0) is 0 Å². The molecule has 0 heterocycles. The zero-order valence-electron chi connectivity index (χ0n) is 12.7. The van der Waals surface area contributed by atoms with Gasteiger partial charge >= 0.3 is 6.03 Å². The Balaban J connectivity index is 1.98. The van der Waals surface area contributed by atoms with E-state index >= 15 is 0 Å². The van der Waals surface area contributed by atoms with Crippen LogP contribution in [0.2, 0.25) is 0 Å². The van der Waals surface area contributed by atoms with Crippen LogP contribution in [0.15, 0.2) is 54.6 Å². The average Bonchev–Trinajstić information content (AvgIpc) is 2.54. The van der Waals surface area contributed by atoms with E-state index in [1.165, 1.54) is 5.56 Å². The van der Waals surface area contributed by atoms with E-state index in [0.29, 0.717) is 0 Å². The molecule has 2 rings (SSSR count). The van der Waals surface area contributed by atoms with Crippen LogP contribution in [0.25, 0.3) is 11.1 Å². The molecule has 0 saturated heterocycles. The first-order valence-corrected chi connectivity index (χ1v) is 7.38. The minimum atomic E-state index is -0.0593. The van der Waals surface area contributed by atoms with Gasteiger partial charge in [-0.05, 0) is 29.7 Å². The molecule has 0 spiro atoms. The molecule has 0 unspecified atom stereocenters. The van der Waals surface area contributed by atoms with Crippen molar-refractivity contribution in [3.63, 3.8) is 0 Å². The number of hydrogen-bond acceptors (Lipinski definition) is 1. The maximum absolute atomic E-state index is 12.0. The second-order valence-corrected chi connectivity index (χ2v) is 5.15. The maximum Gasteiger partial charge on any atom is 0.321 e. The Labute approximate surface area is 126 Å². The third-order valence-corrected chi connectivity index (χ3v) is 3.44. The van der Waals surface area contributed by atoms with Gasteiger partial charge in [-0.2, -0.15) is 0 Å². The molecule has 2 amide bonds. The summed E-state index contributed by atoms with van der Waals surface area (Å²) in [6.45, 7) is 2.90. The largest absolute Gasteiger partial charge is 0.328 e. The van der Waals surface area contributed by atoms with Crippen molar-refractivity contribution >= 4 is 11.7 Å². The first kappa shape index (κ1) is 15.1. The lowest BCUT2D eigenvalue weighted by molar-refractivity contribution is 0.222. The summed E-state index contributed by atoms with van der Waals surface area (Å²) >= 11 is 0. The highest BCUT2D eigenvalue weighted by atomic mass is 16.2. The fraction of sp³-hybridized carbons (Fsp3) is 0.278. The smallest absolute Gasteiger partial charge is 0.321 e. The van der Waals surface area contributed by atoms with E-state index in [9.17, 15) is 4.79 Å². The molecule has 3 heteroatoms.